The Balaban J connectivity index is 1.92. The van der Waals surface area contributed by atoms with Crippen molar-refractivity contribution in [3.8, 4) is 0 Å². The largest absolute Gasteiger partial charge is 0.389 e. The van der Waals surface area contributed by atoms with E-state index in [1.54, 1.807) is 31.2 Å². The van der Waals surface area contributed by atoms with Crippen LogP contribution in [0, 0.1) is 0 Å². The number of aliphatic hydroxyl groups is 1. The highest BCUT2D eigenvalue weighted by Gasteiger charge is 2.31. The molecular formula is C24H29N3O5Si. The molecule has 0 fully saturated rings. The highest BCUT2D eigenvalue weighted by Crippen LogP contribution is 2.25. The number of aliphatic hydroxyl groups excluding tert-OH is 1. The first-order chi connectivity index (χ1) is 15.5. The van der Waals surface area contributed by atoms with Crippen molar-refractivity contribution in [3.05, 3.63) is 81.8 Å². The molecule has 8 nitrogen and oxygen atoms in total. The summed E-state index contributed by atoms with van der Waals surface area (Å²) in [6.07, 6.45) is -0.662. The van der Waals surface area contributed by atoms with E-state index in [9.17, 15) is 19.5 Å². The number of carbonyl (C=O) groups is 2. The summed E-state index contributed by atoms with van der Waals surface area (Å²) in [6.45, 7) is 8.38. The van der Waals surface area contributed by atoms with E-state index in [2.05, 4.69) is 30.1 Å². The molecule has 0 bridgehead atoms. The van der Waals surface area contributed by atoms with Crippen molar-refractivity contribution >= 4 is 30.8 Å². The average molecular weight is 468 g/mol. The van der Waals surface area contributed by atoms with Gasteiger partial charge in [-0.05, 0) is 30.2 Å². The minimum Gasteiger partial charge on any atom is -0.389 e. The molecule has 3 aromatic rings. The Morgan fingerprint density at radius 3 is 2.09 bits per heavy atom. The molecule has 0 saturated carbocycles. The molecule has 2 aromatic carbocycles. The smallest absolute Gasteiger partial charge is 0.293 e. The van der Waals surface area contributed by atoms with Crippen molar-refractivity contribution in [2.24, 2.45) is 0 Å². The zero-order valence-corrected chi connectivity index (χ0v) is 20.4. The number of benzene rings is 2. The third-order valence-electron chi connectivity index (χ3n) is 5.44. The Kier molecular flexibility index (Phi) is 7.04. The van der Waals surface area contributed by atoms with Gasteiger partial charge in [0.15, 0.2) is 0 Å². The Hall–Kier alpha value is -3.43. The zero-order chi connectivity index (χ0) is 24.3. The van der Waals surface area contributed by atoms with Crippen LogP contribution < -0.4 is 16.1 Å². The number of anilines is 1. The molecule has 0 radical (unpaired) electrons. The third-order valence-corrected chi connectivity index (χ3v) is 7.51. The minimum atomic E-state index is -1.48. The van der Waals surface area contributed by atoms with E-state index in [-0.39, 0.29) is 5.76 Å². The average Bonchev–Trinajstić information content (AvgIpc) is 3.19. The highest BCUT2D eigenvalue weighted by atomic mass is 28.3. The van der Waals surface area contributed by atoms with Crippen LogP contribution in [0.1, 0.15) is 40.8 Å². The summed E-state index contributed by atoms with van der Waals surface area (Å²) >= 11 is 0. The summed E-state index contributed by atoms with van der Waals surface area (Å²) in [7, 11) is -0.00993. The number of amides is 2. The fourth-order valence-electron chi connectivity index (χ4n) is 3.45. The van der Waals surface area contributed by atoms with E-state index in [4.69, 9.17) is 4.52 Å². The lowest BCUT2D eigenvalue weighted by molar-refractivity contribution is -0.120. The molecule has 2 unspecified atom stereocenters. The van der Waals surface area contributed by atoms with Crippen molar-refractivity contribution < 1.29 is 19.2 Å². The highest BCUT2D eigenvalue weighted by molar-refractivity contribution is 6.88. The molecule has 33 heavy (non-hydrogen) atoms. The molecule has 0 spiro atoms. The number of hydrogen-bond acceptors (Lipinski definition) is 5. The Bertz CT molecular complexity index is 1170. The lowest BCUT2D eigenvalue weighted by atomic mass is 10.0. The van der Waals surface area contributed by atoms with Gasteiger partial charge in [-0.15, -0.1) is 0 Å². The summed E-state index contributed by atoms with van der Waals surface area (Å²) < 4.78 is 4.94. The van der Waals surface area contributed by atoms with Gasteiger partial charge in [0.25, 0.3) is 17.4 Å². The van der Waals surface area contributed by atoms with E-state index < -0.39 is 37.6 Å². The first kappa shape index (κ1) is 24.2. The first-order valence-corrected chi connectivity index (χ1v) is 14.1. The van der Waals surface area contributed by atoms with Crippen LogP contribution in [0.3, 0.4) is 0 Å². The van der Waals surface area contributed by atoms with Crippen LogP contribution in [-0.2, 0) is 4.79 Å². The van der Waals surface area contributed by atoms with E-state index in [1.807, 2.05) is 24.3 Å². The number of nitrogens with zero attached hydrogens (tertiary/aromatic N) is 1. The van der Waals surface area contributed by atoms with Gasteiger partial charge in [0.2, 0.25) is 5.76 Å². The number of hydrogen-bond donors (Lipinski definition) is 3. The Morgan fingerprint density at radius 1 is 1.03 bits per heavy atom. The maximum Gasteiger partial charge on any atom is 0.293 e. The monoisotopic (exact) mass is 467 g/mol. The molecular weight excluding hydrogens is 438 g/mol. The van der Waals surface area contributed by atoms with E-state index >= 15 is 0 Å². The molecule has 0 aliphatic rings. The van der Waals surface area contributed by atoms with E-state index in [1.165, 1.54) is 17.1 Å². The summed E-state index contributed by atoms with van der Waals surface area (Å²) in [5.41, 5.74) is 1.30. The normalized spacial score (nSPS) is 13.3. The Labute approximate surface area is 193 Å². The van der Waals surface area contributed by atoms with Gasteiger partial charge in [0.05, 0.1) is 20.2 Å². The summed E-state index contributed by atoms with van der Waals surface area (Å²) in [4.78, 5) is 38.9. The zero-order valence-electron chi connectivity index (χ0n) is 19.4. The quantitative estimate of drug-likeness (QED) is 0.462. The maximum atomic E-state index is 13.4. The number of likely N-dealkylation sites (N-methyl/N-ethyl adjacent to an activating group) is 1. The minimum absolute atomic E-state index is 0.194. The first-order valence-electron chi connectivity index (χ1n) is 10.6. The SMILES string of the molecule is CC(O)c1ccc(C(C(=O)Nc2ccc([Si](C)(C)C)cc2)N(C)C(=O)c2cc(=O)[nH]o2)cc1. The number of rotatable bonds is 7. The number of carbonyl (C=O) groups excluding carboxylic acids is 2. The molecule has 3 rings (SSSR count). The standard InChI is InChI=1S/C24H29N3O5Si/c1-15(28)16-6-8-17(9-7-16)22(27(2)24(31)20-14-21(29)26-32-20)23(30)25-18-10-12-19(13-11-18)33(3,4)5/h6-15,22,28H,1-5H3,(H,25,30)(H,26,29). The molecule has 1 aromatic heterocycles. The van der Waals surface area contributed by atoms with Crippen molar-refractivity contribution in [2.75, 3.05) is 12.4 Å². The number of aromatic nitrogens is 1. The van der Waals surface area contributed by atoms with Crippen molar-refractivity contribution in [3.63, 3.8) is 0 Å². The topological polar surface area (TPSA) is 116 Å². The van der Waals surface area contributed by atoms with Gasteiger partial charge in [-0.2, -0.15) is 5.16 Å². The van der Waals surface area contributed by atoms with Crippen molar-refractivity contribution in [2.45, 2.75) is 38.7 Å². The van der Waals surface area contributed by atoms with Gasteiger partial charge in [0.1, 0.15) is 6.04 Å². The van der Waals surface area contributed by atoms with Gasteiger partial charge < -0.3 is 19.8 Å². The van der Waals surface area contributed by atoms with Gasteiger partial charge in [-0.1, -0.05) is 61.2 Å². The Morgan fingerprint density at radius 2 is 1.61 bits per heavy atom. The third kappa shape index (κ3) is 5.68. The fraction of sp³-hybridized carbons (Fsp3) is 0.292. The van der Waals surface area contributed by atoms with E-state index in [0.717, 1.165) is 6.07 Å². The lowest BCUT2D eigenvalue weighted by Crippen LogP contribution is -2.39. The van der Waals surface area contributed by atoms with Gasteiger partial charge in [-0.25, -0.2) is 0 Å². The molecule has 0 aliphatic heterocycles. The summed E-state index contributed by atoms with van der Waals surface area (Å²) in [5.74, 6) is -1.24. The van der Waals surface area contributed by atoms with Gasteiger partial charge >= 0.3 is 0 Å². The molecule has 0 saturated heterocycles. The second-order valence-corrected chi connectivity index (χ2v) is 14.1. The number of H-pyrrole nitrogens is 1. The van der Waals surface area contributed by atoms with Crippen LogP contribution in [-0.4, -0.2) is 42.1 Å². The molecule has 9 heteroatoms. The van der Waals surface area contributed by atoms with Crippen LogP contribution in [0.4, 0.5) is 5.69 Å². The summed E-state index contributed by atoms with van der Waals surface area (Å²) in [5, 5.41) is 16.0. The van der Waals surface area contributed by atoms with Gasteiger partial charge in [-0.3, -0.25) is 14.4 Å². The fourth-order valence-corrected chi connectivity index (χ4v) is 4.62. The summed E-state index contributed by atoms with van der Waals surface area (Å²) in [6, 6.07) is 14.6. The van der Waals surface area contributed by atoms with Crippen molar-refractivity contribution in [1.82, 2.24) is 10.1 Å². The van der Waals surface area contributed by atoms with Crippen LogP contribution in [0.15, 0.2) is 63.9 Å². The van der Waals surface area contributed by atoms with Crippen LogP contribution in [0.25, 0.3) is 0 Å². The lowest BCUT2D eigenvalue weighted by Gasteiger charge is -2.27. The van der Waals surface area contributed by atoms with Crippen LogP contribution in [0.2, 0.25) is 19.6 Å². The van der Waals surface area contributed by atoms with Crippen LogP contribution in [0.5, 0.6) is 0 Å². The van der Waals surface area contributed by atoms with E-state index in [0.29, 0.717) is 16.8 Å². The molecule has 2 amide bonds. The molecule has 0 aliphatic carbocycles. The maximum absolute atomic E-state index is 13.4. The van der Waals surface area contributed by atoms with Gasteiger partial charge in [0, 0.05) is 12.7 Å². The van der Waals surface area contributed by atoms with Crippen molar-refractivity contribution in [1.29, 1.82) is 0 Å². The molecule has 174 valence electrons. The number of nitrogens with one attached hydrogen (secondary N) is 2. The predicted octanol–water partition coefficient (Wildman–Crippen LogP) is 3.02. The molecule has 2 atom stereocenters. The predicted molar refractivity (Wildman–Crippen MR) is 129 cm³/mol. The number of aromatic amines is 1. The second-order valence-electron chi connectivity index (χ2n) is 9.05. The van der Waals surface area contributed by atoms with Crippen LogP contribution >= 0.6 is 0 Å². The molecule has 3 N–H and O–H groups in total. The second kappa shape index (κ2) is 9.59. The molecule has 1 heterocycles.